The summed E-state index contributed by atoms with van der Waals surface area (Å²) in [5.74, 6) is -0.904. The van der Waals surface area contributed by atoms with E-state index in [1.165, 1.54) is 0 Å². The van der Waals surface area contributed by atoms with Crippen molar-refractivity contribution in [2.24, 2.45) is 5.73 Å². The highest BCUT2D eigenvalue weighted by Gasteiger charge is 2.18. The lowest BCUT2D eigenvalue weighted by Crippen LogP contribution is -2.07. The van der Waals surface area contributed by atoms with Crippen LogP contribution in [0.3, 0.4) is 0 Å². The molecule has 1 atom stereocenters. The van der Waals surface area contributed by atoms with Gasteiger partial charge in [0.15, 0.2) is 0 Å². The average Bonchev–Trinajstić information content (AvgIpc) is 2.26. The molecule has 1 heterocycles. The lowest BCUT2D eigenvalue weighted by Gasteiger charge is -2.03. The van der Waals surface area contributed by atoms with E-state index in [1.807, 2.05) is 6.92 Å². The highest BCUT2D eigenvalue weighted by Crippen LogP contribution is 2.21. The fourth-order valence-corrected chi connectivity index (χ4v) is 1.55. The third-order valence-electron chi connectivity index (χ3n) is 2.15. The molecule has 0 fully saturated rings. The fourth-order valence-electron chi connectivity index (χ4n) is 1.55. The van der Waals surface area contributed by atoms with E-state index in [4.69, 9.17) is 10.8 Å². The zero-order chi connectivity index (χ0) is 10.2. The molecule has 1 rings (SSSR count). The van der Waals surface area contributed by atoms with Gasteiger partial charge in [-0.2, -0.15) is 0 Å². The number of hydrogen-bond acceptors (Lipinski definition) is 2. The minimum atomic E-state index is -0.904. The summed E-state index contributed by atoms with van der Waals surface area (Å²) in [4.78, 5) is 13.8. The number of rotatable bonds is 2. The second kappa shape index (κ2) is 3.22. The van der Waals surface area contributed by atoms with Crippen LogP contribution in [0.4, 0.5) is 0 Å². The number of carboxylic acids is 1. The summed E-state index contributed by atoms with van der Waals surface area (Å²) in [7, 11) is 0. The average molecular weight is 182 g/mol. The lowest BCUT2D eigenvalue weighted by molar-refractivity contribution is 0.0695. The van der Waals surface area contributed by atoms with Crippen molar-refractivity contribution in [3.63, 3.8) is 0 Å². The van der Waals surface area contributed by atoms with Crippen molar-refractivity contribution in [2.45, 2.75) is 26.8 Å². The van der Waals surface area contributed by atoms with E-state index in [1.54, 1.807) is 13.8 Å². The van der Waals surface area contributed by atoms with Crippen molar-refractivity contribution >= 4 is 5.97 Å². The zero-order valence-corrected chi connectivity index (χ0v) is 8.01. The highest BCUT2D eigenvalue weighted by molar-refractivity contribution is 5.91. The van der Waals surface area contributed by atoms with Crippen molar-refractivity contribution < 1.29 is 9.90 Å². The Hall–Kier alpha value is -1.29. The van der Waals surface area contributed by atoms with Gasteiger partial charge in [-0.05, 0) is 26.3 Å². The van der Waals surface area contributed by atoms with Crippen LogP contribution in [-0.4, -0.2) is 16.1 Å². The normalized spacial score (nSPS) is 12.9. The summed E-state index contributed by atoms with van der Waals surface area (Å²) >= 11 is 0. The molecule has 1 aromatic rings. The van der Waals surface area contributed by atoms with Crippen LogP contribution in [0, 0.1) is 13.8 Å². The van der Waals surface area contributed by atoms with Crippen LogP contribution in [0.15, 0.2) is 0 Å². The maximum atomic E-state index is 10.8. The number of aromatic amines is 1. The van der Waals surface area contributed by atoms with Gasteiger partial charge in [0, 0.05) is 17.4 Å². The van der Waals surface area contributed by atoms with Crippen LogP contribution in [-0.2, 0) is 0 Å². The summed E-state index contributed by atoms with van der Waals surface area (Å²) < 4.78 is 0. The number of carbonyl (C=O) groups is 1. The minimum absolute atomic E-state index is 0.160. The van der Waals surface area contributed by atoms with Gasteiger partial charge in [-0.3, -0.25) is 0 Å². The van der Waals surface area contributed by atoms with Crippen LogP contribution in [0.1, 0.15) is 40.3 Å². The summed E-state index contributed by atoms with van der Waals surface area (Å²) in [6.45, 7) is 5.33. The van der Waals surface area contributed by atoms with E-state index in [-0.39, 0.29) is 6.04 Å². The summed E-state index contributed by atoms with van der Waals surface area (Å²) in [5, 5.41) is 8.88. The maximum absolute atomic E-state index is 10.8. The third kappa shape index (κ3) is 1.58. The molecule has 0 spiro atoms. The molecule has 4 N–H and O–H groups in total. The number of carboxylic acid groups (broad SMARTS) is 1. The maximum Gasteiger partial charge on any atom is 0.337 e. The van der Waals surface area contributed by atoms with Gasteiger partial charge in [0.2, 0.25) is 0 Å². The Balaban J connectivity index is 3.30. The number of nitrogens with one attached hydrogen (secondary N) is 1. The lowest BCUT2D eigenvalue weighted by atomic mass is 10.1. The second-order valence-electron chi connectivity index (χ2n) is 3.26. The van der Waals surface area contributed by atoms with E-state index >= 15 is 0 Å². The van der Waals surface area contributed by atoms with Crippen LogP contribution >= 0.6 is 0 Å². The van der Waals surface area contributed by atoms with Gasteiger partial charge in [0.1, 0.15) is 0 Å². The molecule has 0 radical (unpaired) electrons. The molecule has 0 aliphatic rings. The Kier molecular flexibility index (Phi) is 2.43. The van der Waals surface area contributed by atoms with Crippen LogP contribution < -0.4 is 5.73 Å². The first kappa shape index (κ1) is 9.80. The molecule has 0 saturated carbocycles. The Morgan fingerprint density at radius 2 is 2.08 bits per heavy atom. The molecule has 4 nitrogen and oxygen atoms in total. The second-order valence-corrected chi connectivity index (χ2v) is 3.26. The topological polar surface area (TPSA) is 79.1 Å². The number of aromatic carboxylic acids is 1. The van der Waals surface area contributed by atoms with Gasteiger partial charge in [0.05, 0.1) is 5.56 Å². The number of aromatic nitrogens is 1. The summed E-state index contributed by atoms with van der Waals surface area (Å²) in [5.41, 5.74) is 8.21. The van der Waals surface area contributed by atoms with Crippen LogP contribution in [0.25, 0.3) is 0 Å². The number of nitrogens with two attached hydrogens (primary N) is 1. The predicted octanol–water partition coefficient (Wildman–Crippen LogP) is 1.35. The van der Waals surface area contributed by atoms with Crippen molar-refractivity contribution in [2.75, 3.05) is 0 Å². The van der Waals surface area contributed by atoms with Gasteiger partial charge in [-0.15, -0.1) is 0 Å². The first-order valence-electron chi connectivity index (χ1n) is 4.13. The molecule has 1 aromatic heterocycles. The van der Waals surface area contributed by atoms with E-state index in [9.17, 15) is 4.79 Å². The van der Waals surface area contributed by atoms with Gasteiger partial charge < -0.3 is 15.8 Å². The molecule has 72 valence electrons. The van der Waals surface area contributed by atoms with Gasteiger partial charge in [-0.1, -0.05) is 0 Å². The van der Waals surface area contributed by atoms with Crippen molar-refractivity contribution in [1.29, 1.82) is 0 Å². The highest BCUT2D eigenvalue weighted by atomic mass is 16.4. The molecule has 0 amide bonds. The number of H-pyrrole nitrogens is 1. The molecule has 0 aromatic carbocycles. The summed E-state index contributed by atoms with van der Waals surface area (Å²) in [6, 6.07) is -0.160. The van der Waals surface area contributed by atoms with E-state index < -0.39 is 5.97 Å². The quantitative estimate of drug-likeness (QED) is 0.646. The Labute approximate surface area is 76.8 Å². The predicted molar refractivity (Wildman–Crippen MR) is 49.8 cm³/mol. The smallest absolute Gasteiger partial charge is 0.337 e. The van der Waals surface area contributed by atoms with E-state index in [0.29, 0.717) is 11.3 Å². The SMILES string of the molecule is Cc1[nH]c(C(C)N)c(C)c1C(=O)O. The first-order valence-corrected chi connectivity index (χ1v) is 4.13. The fraction of sp³-hybridized carbons (Fsp3) is 0.444. The Morgan fingerprint density at radius 3 is 2.31 bits per heavy atom. The molecular formula is C9H14N2O2. The van der Waals surface area contributed by atoms with E-state index in [0.717, 1.165) is 11.3 Å². The van der Waals surface area contributed by atoms with Crippen LogP contribution in [0.5, 0.6) is 0 Å². The van der Waals surface area contributed by atoms with Gasteiger partial charge in [0.25, 0.3) is 0 Å². The van der Waals surface area contributed by atoms with Crippen LogP contribution in [0.2, 0.25) is 0 Å². The van der Waals surface area contributed by atoms with Crippen molar-refractivity contribution in [3.8, 4) is 0 Å². The standard InChI is InChI=1S/C9H14N2O2/c1-4-7(9(12)13)6(3)11-8(4)5(2)10/h5,11H,10H2,1-3H3,(H,12,13). The Morgan fingerprint density at radius 1 is 1.54 bits per heavy atom. The Bertz CT molecular complexity index is 340. The molecule has 0 aliphatic carbocycles. The molecule has 0 saturated heterocycles. The largest absolute Gasteiger partial charge is 0.478 e. The van der Waals surface area contributed by atoms with E-state index in [2.05, 4.69) is 4.98 Å². The number of aryl methyl sites for hydroxylation is 1. The minimum Gasteiger partial charge on any atom is -0.478 e. The molecule has 4 heteroatoms. The monoisotopic (exact) mass is 182 g/mol. The third-order valence-corrected chi connectivity index (χ3v) is 2.15. The molecule has 1 unspecified atom stereocenters. The molecular weight excluding hydrogens is 168 g/mol. The number of hydrogen-bond donors (Lipinski definition) is 3. The van der Waals surface area contributed by atoms with Crippen molar-refractivity contribution in [1.82, 2.24) is 4.98 Å². The molecule has 13 heavy (non-hydrogen) atoms. The van der Waals surface area contributed by atoms with Gasteiger partial charge >= 0.3 is 5.97 Å². The first-order chi connectivity index (χ1) is 5.95. The molecule has 0 bridgehead atoms. The van der Waals surface area contributed by atoms with Crippen molar-refractivity contribution in [3.05, 3.63) is 22.5 Å². The van der Waals surface area contributed by atoms with Gasteiger partial charge in [-0.25, -0.2) is 4.79 Å². The molecule has 0 aliphatic heterocycles. The zero-order valence-electron chi connectivity index (χ0n) is 8.01. The summed E-state index contributed by atoms with van der Waals surface area (Å²) in [6.07, 6.45) is 0.